The van der Waals surface area contributed by atoms with Gasteiger partial charge < -0.3 is 25.0 Å². The summed E-state index contributed by atoms with van der Waals surface area (Å²) >= 11 is 0. The van der Waals surface area contributed by atoms with Crippen molar-refractivity contribution < 1.29 is 14.3 Å². The Kier molecular flexibility index (Phi) is 4.57. The quantitative estimate of drug-likeness (QED) is 0.844. The third-order valence-corrected chi connectivity index (χ3v) is 4.05. The van der Waals surface area contributed by atoms with E-state index in [1.807, 2.05) is 4.90 Å². The molecule has 1 aromatic carbocycles. The highest BCUT2D eigenvalue weighted by Gasteiger charge is 2.27. The lowest BCUT2D eigenvalue weighted by Crippen LogP contribution is -2.52. The summed E-state index contributed by atoms with van der Waals surface area (Å²) in [6, 6.07) is 3.68. The SMILES string of the molecule is COc1cc(OC)c(N)c(C(=O)N2CCN(C)C(C)C2)c1. The average Bonchev–Trinajstić information content (AvgIpc) is 2.49. The number of rotatable bonds is 3. The van der Waals surface area contributed by atoms with Crippen molar-refractivity contribution >= 4 is 11.6 Å². The van der Waals surface area contributed by atoms with E-state index in [2.05, 4.69) is 18.9 Å². The molecule has 1 amide bonds. The van der Waals surface area contributed by atoms with Gasteiger partial charge in [0.2, 0.25) is 0 Å². The number of carbonyl (C=O) groups is 1. The van der Waals surface area contributed by atoms with Crippen molar-refractivity contribution in [3.63, 3.8) is 0 Å². The van der Waals surface area contributed by atoms with Crippen molar-refractivity contribution in [2.45, 2.75) is 13.0 Å². The van der Waals surface area contributed by atoms with E-state index >= 15 is 0 Å². The molecule has 6 heteroatoms. The van der Waals surface area contributed by atoms with Gasteiger partial charge in [0.25, 0.3) is 5.91 Å². The van der Waals surface area contributed by atoms with Crippen molar-refractivity contribution in [2.24, 2.45) is 0 Å². The third-order valence-electron chi connectivity index (χ3n) is 4.05. The first-order chi connectivity index (χ1) is 9.97. The van der Waals surface area contributed by atoms with Gasteiger partial charge in [0.1, 0.15) is 11.5 Å². The van der Waals surface area contributed by atoms with Crippen LogP contribution < -0.4 is 15.2 Å². The van der Waals surface area contributed by atoms with Crippen LogP contribution in [0.2, 0.25) is 0 Å². The number of piperazine rings is 1. The van der Waals surface area contributed by atoms with E-state index in [9.17, 15) is 4.79 Å². The van der Waals surface area contributed by atoms with Crippen molar-refractivity contribution in [3.05, 3.63) is 17.7 Å². The fourth-order valence-electron chi connectivity index (χ4n) is 2.47. The average molecular weight is 293 g/mol. The van der Waals surface area contributed by atoms with Crippen LogP contribution in [-0.2, 0) is 0 Å². The van der Waals surface area contributed by atoms with Gasteiger partial charge in [-0.2, -0.15) is 0 Å². The molecular weight excluding hydrogens is 270 g/mol. The molecule has 1 aliphatic heterocycles. The van der Waals surface area contributed by atoms with Gasteiger partial charge in [-0.05, 0) is 20.0 Å². The number of amides is 1. The Labute approximate surface area is 125 Å². The number of benzene rings is 1. The zero-order valence-corrected chi connectivity index (χ0v) is 13.0. The van der Waals surface area contributed by atoms with Crippen LogP contribution in [0.5, 0.6) is 11.5 Å². The van der Waals surface area contributed by atoms with Crippen LogP contribution in [0.15, 0.2) is 12.1 Å². The molecular formula is C15H23N3O3. The molecule has 1 fully saturated rings. The van der Waals surface area contributed by atoms with Crippen LogP contribution in [0.3, 0.4) is 0 Å². The van der Waals surface area contributed by atoms with Gasteiger partial charge in [-0.15, -0.1) is 0 Å². The monoisotopic (exact) mass is 293 g/mol. The molecule has 0 aliphatic carbocycles. The molecule has 1 aromatic rings. The van der Waals surface area contributed by atoms with Gasteiger partial charge in [0.05, 0.1) is 25.5 Å². The number of nitrogens with zero attached hydrogens (tertiary/aromatic N) is 2. The molecule has 1 unspecified atom stereocenters. The minimum absolute atomic E-state index is 0.0790. The number of nitrogen functional groups attached to an aromatic ring is 1. The van der Waals surface area contributed by atoms with Gasteiger partial charge in [-0.25, -0.2) is 0 Å². The fourth-order valence-corrected chi connectivity index (χ4v) is 2.47. The van der Waals surface area contributed by atoms with Gasteiger partial charge >= 0.3 is 0 Å². The molecule has 0 spiro atoms. The Morgan fingerprint density at radius 1 is 1.29 bits per heavy atom. The number of ether oxygens (including phenoxy) is 2. The second-order valence-electron chi connectivity index (χ2n) is 5.37. The number of likely N-dealkylation sites (N-methyl/N-ethyl adjacent to an activating group) is 1. The standard InChI is InChI=1S/C15H23N3O3/c1-10-9-18(6-5-17(10)2)15(19)12-7-11(20-3)8-13(21-4)14(12)16/h7-8,10H,5-6,9,16H2,1-4H3. The summed E-state index contributed by atoms with van der Waals surface area (Å²) in [6.07, 6.45) is 0. The van der Waals surface area contributed by atoms with Crippen LogP contribution in [0, 0.1) is 0 Å². The second kappa shape index (κ2) is 6.22. The number of hydrogen-bond acceptors (Lipinski definition) is 5. The molecule has 0 bridgehead atoms. The highest BCUT2D eigenvalue weighted by Crippen LogP contribution is 2.32. The number of methoxy groups -OCH3 is 2. The molecule has 1 atom stereocenters. The minimum atomic E-state index is -0.0790. The van der Waals surface area contributed by atoms with Crippen LogP contribution >= 0.6 is 0 Å². The molecule has 6 nitrogen and oxygen atoms in total. The number of anilines is 1. The molecule has 1 saturated heterocycles. The maximum absolute atomic E-state index is 12.7. The van der Waals surface area contributed by atoms with Crippen LogP contribution in [0.4, 0.5) is 5.69 Å². The largest absolute Gasteiger partial charge is 0.497 e. The summed E-state index contributed by atoms with van der Waals surface area (Å²) in [5, 5.41) is 0. The van der Waals surface area contributed by atoms with Gasteiger partial charge in [0, 0.05) is 31.7 Å². The lowest BCUT2D eigenvalue weighted by molar-refractivity contribution is 0.0573. The number of hydrogen-bond donors (Lipinski definition) is 1. The van der Waals surface area contributed by atoms with Gasteiger partial charge in [-0.3, -0.25) is 4.79 Å². The van der Waals surface area contributed by atoms with Crippen molar-refractivity contribution in [2.75, 3.05) is 46.6 Å². The molecule has 116 valence electrons. The summed E-state index contributed by atoms with van der Waals surface area (Å²) in [6.45, 7) is 4.34. The first kappa shape index (κ1) is 15.4. The summed E-state index contributed by atoms with van der Waals surface area (Å²) < 4.78 is 10.4. The lowest BCUT2D eigenvalue weighted by Gasteiger charge is -2.37. The normalized spacial score (nSPS) is 19.4. The molecule has 0 aromatic heterocycles. The van der Waals surface area contributed by atoms with Crippen molar-refractivity contribution in [1.29, 1.82) is 0 Å². The zero-order valence-electron chi connectivity index (χ0n) is 13.0. The van der Waals surface area contributed by atoms with Crippen molar-refractivity contribution in [3.8, 4) is 11.5 Å². The Balaban J connectivity index is 2.30. The molecule has 2 rings (SSSR count). The topological polar surface area (TPSA) is 68.0 Å². The summed E-state index contributed by atoms with van der Waals surface area (Å²) in [5.74, 6) is 0.941. The zero-order chi connectivity index (χ0) is 15.6. The smallest absolute Gasteiger partial charge is 0.256 e. The maximum Gasteiger partial charge on any atom is 0.256 e. The van der Waals surface area contributed by atoms with E-state index < -0.39 is 0 Å². The molecule has 0 saturated carbocycles. The van der Waals surface area contributed by atoms with E-state index in [1.165, 1.54) is 7.11 Å². The molecule has 1 heterocycles. The Morgan fingerprint density at radius 3 is 2.57 bits per heavy atom. The predicted octanol–water partition coefficient (Wildman–Crippen LogP) is 1.06. The van der Waals surface area contributed by atoms with E-state index in [-0.39, 0.29) is 5.91 Å². The van der Waals surface area contributed by atoms with Crippen molar-refractivity contribution in [1.82, 2.24) is 9.80 Å². The predicted molar refractivity (Wildman–Crippen MR) is 82.0 cm³/mol. The first-order valence-electron chi connectivity index (χ1n) is 6.99. The Hall–Kier alpha value is -1.95. The minimum Gasteiger partial charge on any atom is -0.497 e. The summed E-state index contributed by atoms with van der Waals surface area (Å²) in [4.78, 5) is 16.8. The summed E-state index contributed by atoms with van der Waals surface area (Å²) in [5.41, 5.74) is 6.84. The Morgan fingerprint density at radius 2 is 2.00 bits per heavy atom. The van der Waals surface area contributed by atoms with Crippen LogP contribution in [0.1, 0.15) is 17.3 Å². The summed E-state index contributed by atoms with van der Waals surface area (Å²) in [7, 11) is 5.14. The Bertz CT molecular complexity index is 533. The van der Waals surface area contributed by atoms with E-state index in [0.29, 0.717) is 41.9 Å². The van der Waals surface area contributed by atoms with Gasteiger partial charge in [0.15, 0.2) is 0 Å². The maximum atomic E-state index is 12.7. The van der Waals surface area contributed by atoms with Crippen LogP contribution in [0.25, 0.3) is 0 Å². The van der Waals surface area contributed by atoms with Gasteiger partial charge in [-0.1, -0.05) is 0 Å². The van der Waals surface area contributed by atoms with E-state index in [1.54, 1.807) is 19.2 Å². The van der Waals surface area contributed by atoms with E-state index in [4.69, 9.17) is 15.2 Å². The van der Waals surface area contributed by atoms with E-state index in [0.717, 1.165) is 6.54 Å². The molecule has 0 radical (unpaired) electrons. The fraction of sp³-hybridized carbons (Fsp3) is 0.533. The second-order valence-corrected chi connectivity index (χ2v) is 5.37. The number of nitrogens with two attached hydrogens (primary N) is 1. The molecule has 1 aliphatic rings. The lowest BCUT2D eigenvalue weighted by atomic mass is 10.1. The van der Waals surface area contributed by atoms with Crippen LogP contribution in [-0.4, -0.2) is 62.7 Å². The first-order valence-corrected chi connectivity index (χ1v) is 6.99. The molecule has 21 heavy (non-hydrogen) atoms. The highest BCUT2D eigenvalue weighted by molar-refractivity contribution is 6.01. The third kappa shape index (κ3) is 3.05. The number of carbonyl (C=O) groups excluding carboxylic acids is 1. The molecule has 2 N–H and O–H groups in total. The highest BCUT2D eigenvalue weighted by atomic mass is 16.5.